The van der Waals surface area contributed by atoms with Gasteiger partial charge in [0, 0.05) is 36.7 Å². The van der Waals surface area contributed by atoms with Crippen molar-refractivity contribution in [3.8, 4) is 28.5 Å². The Kier molecular flexibility index (Phi) is 7.21. The highest BCUT2D eigenvalue weighted by Crippen LogP contribution is 2.33. The minimum absolute atomic E-state index is 0.188. The van der Waals surface area contributed by atoms with Crippen molar-refractivity contribution in [2.75, 3.05) is 32.8 Å². The standard InChI is InChI=1S/C25H27FN4O6S/c1-6-36-24-21(34-3)10-9-18(28-24)20(14-37(5,32)33)30-23-19(29(2)25(30)31)11-15(13-27-23)17-8-7-16(26)12-22(17)35-4/h7-13,20H,6,14H2,1-5H3/t20-/m1/s1. The van der Waals surface area contributed by atoms with E-state index in [9.17, 15) is 17.6 Å². The van der Waals surface area contributed by atoms with Crippen molar-refractivity contribution in [1.29, 1.82) is 0 Å². The molecule has 1 atom stereocenters. The maximum atomic E-state index is 13.7. The highest BCUT2D eigenvalue weighted by atomic mass is 32.2. The van der Waals surface area contributed by atoms with Gasteiger partial charge < -0.3 is 14.2 Å². The minimum Gasteiger partial charge on any atom is -0.496 e. The number of aromatic nitrogens is 4. The second kappa shape index (κ2) is 10.2. The number of halogens is 1. The predicted molar refractivity (Wildman–Crippen MR) is 137 cm³/mol. The molecule has 4 aromatic rings. The van der Waals surface area contributed by atoms with E-state index in [0.29, 0.717) is 40.4 Å². The van der Waals surface area contributed by atoms with E-state index in [2.05, 4.69) is 9.97 Å². The Hall–Kier alpha value is -3.93. The first-order valence-corrected chi connectivity index (χ1v) is 13.4. The molecule has 12 heteroatoms. The van der Waals surface area contributed by atoms with E-state index in [4.69, 9.17) is 14.2 Å². The minimum atomic E-state index is -3.56. The quantitative estimate of drug-likeness (QED) is 0.325. The molecule has 0 saturated heterocycles. The van der Waals surface area contributed by atoms with Crippen LogP contribution in [0, 0.1) is 5.82 Å². The number of methoxy groups -OCH3 is 2. The number of nitrogens with zero attached hydrogens (tertiary/aromatic N) is 4. The number of imidazole rings is 1. The summed E-state index contributed by atoms with van der Waals surface area (Å²) in [6.45, 7) is 2.10. The summed E-state index contributed by atoms with van der Waals surface area (Å²) < 4.78 is 57.5. The van der Waals surface area contributed by atoms with Crippen LogP contribution in [0.3, 0.4) is 0 Å². The van der Waals surface area contributed by atoms with Gasteiger partial charge in [0.25, 0.3) is 5.88 Å². The third kappa shape index (κ3) is 5.15. The van der Waals surface area contributed by atoms with Gasteiger partial charge >= 0.3 is 5.69 Å². The van der Waals surface area contributed by atoms with E-state index >= 15 is 0 Å². The van der Waals surface area contributed by atoms with E-state index in [1.165, 1.54) is 41.7 Å². The smallest absolute Gasteiger partial charge is 0.330 e. The Morgan fingerprint density at radius 2 is 1.81 bits per heavy atom. The fourth-order valence-corrected chi connectivity index (χ4v) is 5.06. The van der Waals surface area contributed by atoms with Crippen molar-refractivity contribution in [2.45, 2.75) is 13.0 Å². The average molecular weight is 531 g/mol. The van der Waals surface area contributed by atoms with E-state index in [-0.39, 0.29) is 11.5 Å². The molecule has 0 aliphatic rings. The van der Waals surface area contributed by atoms with Crippen LogP contribution in [0.1, 0.15) is 18.7 Å². The van der Waals surface area contributed by atoms with Crippen molar-refractivity contribution in [1.82, 2.24) is 19.1 Å². The lowest BCUT2D eigenvalue weighted by molar-refractivity contribution is 0.296. The molecule has 0 amide bonds. The molecular weight excluding hydrogens is 503 g/mol. The van der Waals surface area contributed by atoms with Crippen LogP contribution >= 0.6 is 0 Å². The molecule has 1 aromatic carbocycles. The Balaban J connectivity index is 1.93. The fourth-order valence-electron chi connectivity index (χ4n) is 4.17. The Labute approximate surface area is 213 Å². The second-order valence-electron chi connectivity index (χ2n) is 8.41. The largest absolute Gasteiger partial charge is 0.496 e. The van der Waals surface area contributed by atoms with Gasteiger partial charge in [0.1, 0.15) is 21.4 Å². The van der Waals surface area contributed by atoms with Crippen LogP contribution in [0.5, 0.6) is 17.4 Å². The number of rotatable bonds is 9. The van der Waals surface area contributed by atoms with E-state index in [1.54, 1.807) is 38.2 Å². The Bertz CT molecular complexity index is 1630. The molecule has 10 nitrogen and oxygen atoms in total. The summed E-state index contributed by atoms with van der Waals surface area (Å²) in [5, 5.41) is 0. The van der Waals surface area contributed by atoms with Gasteiger partial charge in [-0.25, -0.2) is 27.6 Å². The summed E-state index contributed by atoms with van der Waals surface area (Å²) in [7, 11) is 0.914. The summed E-state index contributed by atoms with van der Waals surface area (Å²) in [5.74, 6) is 0.0335. The number of fused-ring (bicyclic) bond motifs is 1. The first-order chi connectivity index (χ1) is 17.6. The van der Waals surface area contributed by atoms with Gasteiger partial charge in [-0.15, -0.1) is 0 Å². The number of benzene rings is 1. The van der Waals surface area contributed by atoms with Crippen molar-refractivity contribution < 1.29 is 27.0 Å². The molecular formula is C25H27FN4O6S. The van der Waals surface area contributed by atoms with Crippen LogP contribution in [-0.2, 0) is 16.9 Å². The molecule has 3 aromatic heterocycles. The molecule has 0 radical (unpaired) electrons. The Morgan fingerprint density at radius 1 is 1.08 bits per heavy atom. The summed E-state index contributed by atoms with van der Waals surface area (Å²) in [6, 6.07) is 8.08. The van der Waals surface area contributed by atoms with Gasteiger partial charge in [0.2, 0.25) is 0 Å². The zero-order valence-corrected chi connectivity index (χ0v) is 21.9. The first kappa shape index (κ1) is 26.1. The molecule has 3 heterocycles. The van der Waals surface area contributed by atoms with Crippen LogP contribution in [0.15, 0.2) is 47.4 Å². The Morgan fingerprint density at radius 3 is 2.46 bits per heavy atom. The normalized spacial score (nSPS) is 12.5. The molecule has 4 rings (SSSR count). The number of aryl methyl sites for hydroxylation is 1. The lowest BCUT2D eigenvalue weighted by Crippen LogP contribution is -2.31. The lowest BCUT2D eigenvalue weighted by Gasteiger charge is -2.19. The molecule has 0 fully saturated rings. The number of pyridine rings is 2. The lowest BCUT2D eigenvalue weighted by atomic mass is 10.1. The molecule has 37 heavy (non-hydrogen) atoms. The zero-order chi connectivity index (χ0) is 26.9. The van der Waals surface area contributed by atoms with Crippen LogP contribution in [0.2, 0.25) is 0 Å². The topological polar surface area (TPSA) is 115 Å². The number of sulfone groups is 1. The van der Waals surface area contributed by atoms with E-state index in [0.717, 1.165) is 6.26 Å². The SMILES string of the molecule is CCOc1nc([C@@H](CS(C)(=O)=O)n2c(=O)n(C)c3cc(-c4ccc(F)cc4OC)cnc32)ccc1OC. The predicted octanol–water partition coefficient (Wildman–Crippen LogP) is 2.99. The van der Waals surface area contributed by atoms with Crippen LogP contribution in [0.4, 0.5) is 4.39 Å². The molecule has 196 valence electrons. The van der Waals surface area contributed by atoms with Gasteiger partial charge in [-0.1, -0.05) is 0 Å². The molecule has 0 bridgehead atoms. The summed E-state index contributed by atoms with van der Waals surface area (Å²) in [4.78, 5) is 22.5. The number of ether oxygens (including phenoxy) is 3. The van der Waals surface area contributed by atoms with Crippen molar-refractivity contribution in [3.05, 3.63) is 64.6 Å². The summed E-state index contributed by atoms with van der Waals surface area (Å²) >= 11 is 0. The molecule has 0 N–H and O–H groups in total. The number of hydrogen-bond acceptors (Lipinski definition) is 8. The maximum Gasteiger partial charge on any atom is 0.330 e. The molecule has 0 saturated carbocycles. The van der Waals surface area contributed by atoms with E-state index in [1.807, 2.05) is 0 Å². The zero-order valence-electron chi connectivity index (χ0n) is 21.1. The molecule has 0 aliphatic heterocycles. The third-order valence-corrected chi connectivity index (χ3v) is 6.79. The third-order valence-electron chi connectivity index (χ3n) is 5.87. The van der Waals surface area contributed by atoms with Crippen molar-refractivity contribution in [2.24, 2.45) is 7.05 Å². The maximum absolute atomic E-state index is 13.7. The van der Waals surface area contributed by atoms with Crippen LogP contribution in [-0.4, -0.2) is 60.4 Å². The van der Waals surface area contributed by atoms with Gasteiger partial charge in [0.05, 0.1) is 43.8 Å². The highest BCUT2D eigenvalue weighted by Gasteiger charge is 2.28. The van der Waals surface area contributed by atoms with Crippen LogP contribution < -0.4 is 19.9 Å². The second-order valence-corrected chi connectivity index (χ2v) is 10.6. The molecule has 0 unspecified atom stereocenters. The summed E-state index contributed by atoms with van der Waals surface area (Å²) in [6.07, 6.45) is 2.62. The monoisotopic (exact) mass is 530 g/mol. The van der Waals surface area contributed by atoms with Crippen molar-refractivity contribution >= 4 is 21.0 Å². The first-order valence-electron chi connectivity index (χ1n) is 11.3. The van der Waals surface area contributed by atoms with Gasteiger partial charge in [-0.3, -0.25) is 9.13 Å². The van der Waals surface area contributed by atoms with Gasteiger partial charge in [-0.05, 0) is 37.3 Å². The van der Waals surface area contributed by atoms with Crippen LogP contribution in [0.25, 0.3) is 22.3 Å². The van der Waals surface area contributed by atoms with Gasteiger partial charge in [0.15, 0.2) is 11.4 Å². The average Bonchev–Trinajstić information content (AvgIpc) is 3.11. The van der Waals surface area contributed by atoms with Crippen molar-refractivity contribution in [3.63, 3.8) is 0 Å². The molecule has 0 aliphatic carbocycles. The van der Waals surface area contributed by atoms with Gasteiger partial charge in [-0.2, -0.15) is 0 Å². The highest BCUT2D eigenvalue weighted by molar-refractivity contribution is 7.90. The fraction of sp³-hybridized carbons (Fsp3) is 0.320. The summed E-state index contributed by atoms with van der Waals surface area (Å²) in [5.41, 5.74) is 1.72. The molecule has 0 spiro atoms. The van der Waals surface area contributed by atoms with E-state index < -0.39 is 33.1 Å². The number of hydrogen-bond donors (Lipinski definition) is 0.